The largest absolute Gasteiger partial charge is 0.396 e. The molecule has 1 aliphatic rings. The summed E-state index contributed by atoms with van der Waals surface area (Å²) in [7, 11) is 0. The lowest BCUT2D eigenvalue weighted by molar-refractivity contribution is 0.0576. The average molecular weight is 233 g/mol. The monoisotopic (exact) mass is 233 g/mol. The number of aliphatic hydroxyl groups is 1. The highest BCUT2D eigenvalue weighted by Gasteiger charge is 2.36. The Labute approximate surface area is 104 Å². The molecule has 0 spiro atoms. The Balaban J connectivity index is 2.09. The molecular formula is C15H23NO. The van der Waals surface area contributed by atoms with Crippen molar-refractivity contribution in [2.75, 3.05) is 18.5 Å². The van der Waals surface area contributed by atoms with Crippen molar-refractivity contribution >= 4 is 5.69 Å². The fourth-order valence-electron chi connectivity index (χ4n) is 2.80. The Bertz CT molecular complexity index is 379. The molecule has 2 heteroatoms. The summed E-state index contributed by atoms with van der Waals surface area (Å²) in [5.74, 6) is 0. The van der Waals surface area contributed by atoms with Crippen molar-refractivity contribution in [2.45, 2.75) is 40.0 Å². The number of aryl methyl sites for hydroxylation is 3. The van der Waals surface area contributed by atoms with Crippen LogP contribution in [0.5, 0.6) is 0 Å². The zero-order chi connectivity index (χ0) is 12.5. The standard InChI is InChI=1S/C15H23NO/c1-11-7-12(2)14(13(3)8-11)16-9-15(10-17)5-4-6-15/h7-8,16-17H,4-6,9-10H2,1-3H3. The second-order valence-electron chi connectivity index (χ2n) is 5.64. The molecule has 0 radical (unpaired) electrons. The number of benzene rings is 1. The van der Waals surface area contributed by atoms with Gasteiger partial charge in [-0.3, -0.25) is 0 Å². The molecule has 0 unspecified atom stereocenters. The molecule has 0 heterocycles. The molecule has 0 bridgehead atoms. The van der Waals surface area contributed by atoms with E-state index in [1.807, 2.05) is 0 Å². The summed E-state index contributed by atoms with van der Waals surface area (Å²) < 4.78 is 0. The van der Waals surface area contributed by atoms with Gasteiger partial charge in [-0.2, -0.15) is 0 Å². The van der Waals surface area contributed by atoms with Crippen molar-refractivity contribution in [3.63, 3.8) is 0 Å². The van der Waals surface area contributed by atoms with Crippen LogP contribution in [-0.2, 0) is 0 Å². The number of rotatable bonds is 4. The van der Waals surface area contributed by atoms with E-state index in [0.29, 0.717) is 6.61 Å². The van der Waals surface area contributed by atoms with Gasteiger partial charge in [0.05, 0.1) is 6.61 Å². The highest BCUT2D eigenvalue weighted by atomic mass is 16.3. The molecule has 0 aromatic heterocycles. The minimum absolute atomic E-state index is 0.143. The Morgan fingerprint density at radius 1 is 1.18 bits per heavy atom. The summed E-state index contributed by atoms with van der Waals surface area (Å²) in [5, 5.41) is 13.0. The van der Waals surface area contributed by atoms with Crippen molar-refractivity contribution in [3.8, 4) is 0 Å². The van der Waals surface area contributed by atoms with E-state index in [1.165, 1.54) is 28.8 Å². The molecule has 1 saturated carbocycles. The van der Waals surface area contributed by atoms with E-state index in [2.05, 4.69) is 38.2 Å². The fraction of sp³-hybridized carbons (Fsp3) is 0.600. The quantitative estimate of drug-likeness (QED) is 0.837. The summed E-state index contributed by atoms with van der Waals surface area (Å²) in [6.07, 6.45) is 3.56. The van der Waals surface area contributed by atoms with Gasteiger partial charge < -0.3 is 10.4 Å². The van der Waals surface area contributed by atoms with Crippen molar-refractivity contribution in [1.82, 2.24) is 0 Å². The minimum atomic E-state index is 0.143. The Morgan fingerprint density at radius 3 is 2.18 bits per heavy atom. The van der Waals surface area contributed by atoms with Crippen molar-refractivity contribution in [2.24, 2.45) is 5.41 Å². The molecule has 2 N–H and O–H groups in total. The highest BCUT2D eigenvalue weighted by Crippen LogP contribution is 2.40. The molecule has 94 valence electrons. The average Bonchev–Trinajstić information content (AvgIpc) is 2.19. The predicted molar refractivity (Wildman–Crippen MR) is 72.5 cm³/mol. The molecule has 0 atom stereocenters. The van der Waals surface area contributed by atoms with Gasteiger partial charge in [0.2, 0.25) is 0 Å². The topological polar surface area (TPSA) is 32.3 Å². The molecule has 0 amide bonds. The van der Waals surface area contributed by atoms with E-state index in [9.17, 15) is 5.11 Å². The van der Waals surface area contributed by atoms with Crippen molar-refractivity contribution in [1.29, 1.82) is 0 Å². The molecule has 0 saturated heterocycles. The summed E-state index contributed by atoms with van der Waals surface area (Å²) in [5.41, 5.74) is 5.30. The van der Waals surface area contributed by atoms with E-state index < -0.39 is 0 Å². The van der Waals surface area contributed by atoms with Gasteiger partial charge in [-0.1, -0.05) is 24.1 Å². The first kappa shape index (κ1) is 12.4. The molecule has 1 aromatic rings. The van der Waals surface area contributed by atoms with Crippen LogP contribution in [0.2, 0.25) is 0 Å². The van der Waals surface area contributed by atoms with E-state index in [4.69, 9.17) is 0 Å². The van der Waals surface area contributed by atoms with Crippen LogP contribution in [-0.4, -0.2) is 18.3 Å². The predicted octanol–water partition coefficient (Wildman–Crippen LogP) is 3.19. The zero-order valence-corrected chi connectivity index (χ0v) is 11.1. The van der Waals surface area contributed by atoms with Gasteiger partial charge >= 0.3 is 0 Å². The van der Waals surface area contributed by atoms with Gasteiger partial charge in [0, 0.05) is 17.6 Å². The van der Waals surface area contributed by atoms with Crippen LogP contribution in [0.3, 0.4) is 0 Å². The normalized spacial score (nSPS) is 17.6. The molecule has 1 aromatic carbocycles. The van der Waals surface area contributed by atoms with Gasteiger partial charge in [-0.15, -0.1) is 0 Å². The maximum Gasteiger partial charge on any atom is 0.0504 e. The second-order valence-corrected chi connectivity index (χ2v) is 5.64. The minimum Gasteiger partial charge on any atom is -0.396 e. The Morgan fingerprint density at radius 2 is 1.76 bits per heavy atom. The highest BCUT2D eigenvalue weighted by molar-refractivity contribution is 5.58. The van der Waals surface area contributed by atoms with Crippen molar-refractivity contribution in [3.05, 3.63) is 28.8 Å². The van der Waals surface area contributed by atoms with E-state index >= 15 is 0 Å². The first-order valence-corrected chi connectivity index (χ1v) is 6.49. The lowest BCUT2D eigenvalue weighted by Gasteiger charge is -2.40. The van der Waals surface area contributed by atoms with Gasteiger partial charge in [-0.25, -0.2) is 0 Å². The molecule has 17 heavy (non-hydrogen) atoms. The van der Waals surface area contributed by atoms with Gasteiger partial charge in [0.25, 0.3) is 0 Å². The smallest absolute Gasteiger partial charge is 0.0504 e. The first-order valence-electron chi connectivity index (χ1n) is 6.49. The van der Waals surface area contributed by atoms with Crippen LogP contribution >= 0.6 is 0 Å². The van der Waals surface area contributed by atoms with Gasteiger partial charge in [-0.05, 0) is 44.7 Å². The van der Waals surface area contributed by atoms with Gasteiger partial charge in [0.15, 0.2) is 0 Å². The van der Waals surface area contributed by atoms with Crippen LogP contribution in [0.25, 0.3) is 0 Å². The van der Waals surface area contributed by atoms with Crippen LogP contribution in [0, 0.1) is 26.2 Å². The molecule has 2 nitrogen and oxygen atoms in total. The third kappa shape index (κ3) is 2.47. The number of aliphatic hydroxyl groups excluding tert-OH is 1. The number of anilines is 1. The Kier molecular flexibility index (Phi) is 3.43. The maximum absolute atomic E-state index is 9.46. The van der Waals surface area contributed by atoms with Crippen molar-refractivity contribution < 1.29 is 5.11 Å². The van der Waals surface area contributed by atoms with E-state index in [0.717, 1.165) is 19.4 Å². The summed E-state index contributed by atoms with van der Waals surface area (Å²) >= 11 is 0. The van der Waals surface area contributed by atoms with E-state index in [1.54, 1.807) is 0 Å². The van der Waals surface area contributed by atoms with E-state index in [-0.39, 0.29) is 5.41 Å². The second kappa shape index (κ2) is 4.69. The molecule has 1 fully saturated rings. The summed E-state index contributed by atoms with van der Waals surface area (Å²) in [6, 6.07) is 4.42. The van der Waals surface area contributed by atoms with Crippen LogP contribution in [0.1, 0.15) is 36.0 Å². The molecule has 2 rings (SSSR count). The number of hydrogen-bond acceptors (Lipinski definition) is 2. The summed E-state index contributed by atoms with van der Waals surface area (Å²) in [6.45, 7) is 7.63. The van der Waals surface area contributed by atoms with Crippen LogP contribution in [0.15, 0.2) is 12.1 Å². The zero-order valence-electron chi connectivity index (χ0n) is 11.1. The molecule has 1 aliphatic carbocycles. The first-order chi connectivity index (χ1) is 8.06. The third-order valence-electron chi connectivity index (χ3n) is 4.07. The van der Waals surface area contributed by atoms with Gasteiger partial charge in [0.1, 0.15) is 0 Å². The Hall–Kier alpha value is -1.02. The van der Waals surface area contributed by atoms with Crippen LogP contribution in [0.4, 0.5) is 5.69 Å². The molecule has 0 aliphatic heterocycles. The lowest BCUT2D eigenvalue weighted by Crippen LogP contribution is -2.40. The molecular weight excluding hydrogens is 210 g/mol. The summed E-state index contributed by atoms with van der Waals surface area (Å²) in [4.78, 5) is 0. The maximum atomic E-state index is 9.46. The SMILES string of the molecule is Cc1cc(C)c(NCC2(CO)CCC2)c(C)c1. The third-order valence-corrected chi connectivity index (χ3v) is 4.07. The lowest BCUT2D eigenvalue weighted by atomic mass is 9.69. The number of hydrogen-bond donors (Lipinski definition) is 2. The van der Waals surface area contributed by atoms with Crippen LogP contribution < -0.4 is 5.32 Å². The number of nitrogens with one attached hydrogen (secondary N) is 1. The fourth-order valence-corrected chi connectivity index (χ4v) is 2.80.